The number of carbonyl (C=O) groups is 1. The minimum Gasteiger partial charge on any atom is -0.497 e. The van der Waals surface area contributed by atoms with Gasteiger partial charge in [0.2, 0.25) is 0 Å². The molecule has 0 fully saturated rings. The first-order valence-corrected chi connectivity index (χ1v) is 5.85. The molecule has 1 aromatic rings. The Morgan fingerprint density at radius 3 is 2.28 bits per heavy atom. The van der Waals surface area contributed by atoms with Gasteiger partial charge in [-0.25, -0.2) is 0 Å². The highest BCUT2D eigenvalue weighted by Crippen LogP contribution is 2.21. The van der Waals surface area contributed by atoms with Crippen molar-refractivity contribution in [2.45, 2.75) is 38.9 Å². The van der Waals surface area contributed by atoms with Crippen LogP contribution >= 0.6 is 0 Å². The minimum absolute atomic E-state index is 0.0520. The lowest BCUT2D eigenvalue weighted by Crippen LogP contribution is -2.24. The lowest BCUT2D eigenvalue weighted by atomic mass is 10.1. The molecule has 1 rings (SSSR count). The van der Waals surface area contributed by atoms with E-state index >= 15 is 0 Å². The normalized spacial score (nSPS) is 12.9. The Hall–Kier alpha value is -1.55. The molecule has 4 heteroatoms. The molecule has 1 N–H and O–H groups in total. The molecular weight excluding hydrogens is 232 g/mol. The van der Waals surface area contributed by atoms with Crippen molar-refractivity contribution < 1.29 is 19.4 Å². The van der Waals surface area contributed by atoms with Gasteiger partial charge in [0, 0.05) is 0 Å². The Morgan fingerprint density at radius 1 is 1.28 bits per heavy atom. The van der Waals surface area contributed by atoms with Crippen molar-refractivity contribution in [3.63, 3.8) is 0 Å². The van der Waals surface area contributed by atoms with Crippen LogP contribution in [0.5, 0.6) is 5.75 Å². The molecule has 0 heterocycles. The highest BCUT2D eigenvalue weighted by molar-refractivity contribution is 5.70. The zero-order valence-electron chi connectivity index (χ0n) is 11.3. The van der Waals surface area contributed by atoms with Crippen LogP contribution in [0.25, 0.3) is 0 Å². The topological polar surface area (TPSA) is 55.8 Å². The largest absolute Gasteiger partial charge is 0.497 e. The zero-order valence-corrected chi connectivity index (χ0v) is 11.3. The van der Waals surface area contributed by atoms with Crippen molar-refractivity contribution in [1.29, 1.82) is 0 Å². The number of ether oxygens (including phenoxy) is 2. The fourth-order valence-electron chi connectivity index (χ4n) is 1.48. The summed E-state index contributed by atoms with van der Waals surface area (Å²) in [5.41, 5.74) is 0.137. The van der Waals surface area contributed by atoms with E-state index < -0.39 is 17.7 Å². The predicted octanol–water partition coefficient (Wildman–Crippen LogP) is 2.46. The Morgan fingerprint density at radius 2 is 1.83 bits per heavy atom. The average molecular weight is 252 g/mol. The average Bonchev–Trinajstić information content (AvgIpc) is 2.26. The molecular formula is C14H20O4. The van der Waals surface area contributed by atoms with Crippen molar-refractivity contribution in [3.05, 3.63) is 29.8 Å². The molecule has 0 bridgehead atoms. The molecule has 0 saturated heterocycles. The van der Waals surface area contributed by atoms with E-state index in [2.05, 4.69) is 0 Å². The monoisotopic (exact) mass is 252 g/mol. The van der Waals surface area contributed by atoms with Crippen molar-refractivity contribution in [2.75, 3.05) is 7.11 Å². The summed E-state index contributed by atoms with van der Waals surface area (Å²) in [6, 6.07) is 6.95. The van der Waals surface area contributed by atoms with E-state index in [9.17, 15) is 9.90 Å². The fraction of sp³-hybridized carbons (Fsp3) is 0.500. The van der Waals surface area contributed by atoms with Gasteiger partial charge in [0.15, 0.2) is 0 Å². The van der Waals surface area contributed by atoms with E-state index in [0.717, 1.165) is 0 Å². The number of hydrogen-bond acceptors (Lipinski definition) is 4. The first kappa shape index (κ1) is 14.5. The van der Waals surface area contributed by atoms with Gasteiger partial charge < -0.3 is 14.6 Å². The molecule has 0 radical (unpaired) electrons. The zero-order chi connectivity index (χ0) is 13.8. The predicted molar refractivity (Wildman–Crippen MR) is 68.4 cm³/mol. The molecule has 1 aromatic carbocycles. The summed E-state index contributed by atoms with van der Waals surface area (Å²) in [5.74, 6) is 0.300. The highest BCUT2D eigenvalue weighted by Gasteiger charge is 2.20. The van der Waals surface area contributed by atoms with Crippen LogP contribution in [0.15, 0.2) is 24.3 Å². The molecule has 0 amide bonds. The molecule has 100 valence electrons. The van der Waals surface area contributed by atoms with E-state index in [-0.39, 0.29) is 6.42 Å². The van der Waals surface area contributed by atoms with E-state index in [1.54, 1.807) is 52.1 Å². The quantitative estimate of drug-likeness (QED) is 0.836. The van der Waals surface area contributed by atoms with E-state index in [0.29, 0.717) is 11.3 Å². The van der Waals surface area contributed by atoms with E-state index in [1.807, 2.05) is 0 Å². The SMILES string of the molecule is COc1ccc([C@@H](O)CC(=O)OC(C)(C)C)cc1. The van der Waals surface area contributed by atoms with Crippen LogP contribution in [0, 0.1) is 0 Å². The maximum Gasteiger partial charge on any atom is 0.309 e. The second kappa shape index (κ2) is 5.87. The molecule has 0 aromatic heterocycles. The molecule has 0 saturated carbocycles. The second-order valence-electron chi connectivity index (χ2n) is 5.08. The molecule has 1 atom stereocenters. The summed E-state index contributed by atoms with van der Waals surface area (Å²) in [7, 11) is 1.58. The number of benzene rings is 1. The van der Waals surface area contributed by atoms with Gasteiger partial charge in [-0.3, -0.25) is 4.79 Å². The maximum atomic E-state index is 11.6. The number of hydrogen-bond donors (Lipinski definition) is 1. The van der Waals surface area contributed by atoms with Crippen LogP contribution in [0.3, 0.4) is 0 Å². The van der Waals surface area contributed by atoms with E-state index in [4.69, 9.17) is 9.47 Å². The van der Waals surface area contributed by atoms with Crippen LogP contribution in [0.1, 0.15) is 38.9 Å². The minimum atomic E-state index is -0.856. The number of rotatable bonds is 4. The highest BCUT2D eigenvalue weighted by atomic mass is 16.6. The Kier molecular flexibility index (Phi) is 4.73. The molecule has 0 unspecified atom stereocenters. The standard InChI is InChI=1S/C14H20O4/c1-14(2,3)18-13(16)9-12(15)10-5-7-11(17-4)8-6-10/h5-8,12,15H,9H2,1-4H3/t12-/m0/s1. The van der Waals surface area contributed by atoms with E-state index in [1.165, 1.54) is 0 Å². The third-order valence-electron chi connectivity index (χ3n) is 2.28. The van der Waals surface area contributed by atoms with Gasteiger partial charge in [0.05, 0.1) is 19.6 Å². The molecule has 0 spiro atoms. The van der Waals surface area contributed by atoms with Crippen LogP contribution in [-0.4, -0.2) is 23.8 Å². The maximum absolute atomic E-state index is 11.6. The first-order chi connectivity index (χ1) is 8.31. The molecule has 0 aliphatic rings. The van der Waals surface area contributed by atoms with Crippen LogP contribution in [0.4, 0.5) is 0 Å². The van der Waals surface area contributed by atoms with Crippen LogP contribution in [0.2, 0.25) is 0 Å². The van der Waals surface area contributed by atoms with Gasteiger partial charge in [-0.1, -0.05) is 12.1 Å². The summed E-state index contributed by atoms with van der Waals surface area (Å²) in [5, 5.41) is 9.91. The lowest BCUT2D eigenvalue weighted by Gasteiger charge is -2.20. The van der Waals surface area contributed by atoms with Gasteiger partial charge in [0.1, 0.15) is 11.4 Å². The first-order valence-electron chi connectivity index (χ1n) is 5.85. The third-order valence-corrected chi connectivity index (χ3v) is 2.28. The summed E-state index contributed by atoms with van der Waals surface area (Å²) in [4.78, 5) is 11.6. The number of carbonyl (C=O) groups excluding carboxylic acids is 1. The van der Waals surface area contributed by atoms with Crippen LogP contribution in [-0.2, 0) is 9.53 Å². The van der Waals surface area contributed by atoms with Crippen molar-refractivity contribution in [2.24, 2.45) is 0 Å². The van der Waals surface area contributed by atoms with Crippen molar-refractivity contribution in [3.8, 4) is 5.75 Å². The van der Waals surface area contributed by atoms with Crippen LogP contribution < -0.4 is 4.74 Å². The molecule has 0 aliphatic heterocycles. The Labute approximate surface area is 108 Å². The third kappa shape index (κ3) is 4.75. The summed E-state index contributed by atoms with van der Waals surface area (Å²) < 4.78 is 10.2. The lowest BCUT2D eigenvalue weighted by molar-refractivity contribution is -0.157. The van der Waals surface area contributed by atoms with Crippen molar-refractivity contribution in [1.82, 2.24) is 0 Å². The van der Waals surface area contributed by atoms with Gasteiger partial charge in [-0.2, -0.15) is 0 Å². The smallest absolute Gasteiger partial charge is 0.309 e. The summed E-state index contributed by atoms with van der Waals surface area (Å²) in [6.07, 6.45) is -0.908. The Bertz CT molecular complexity index is 389. The van der Waals surface area contributed by atoms with Crippen molar-refractivity contribution >= 4 is 5.97 Å². The molecule has 4 nitrogen and oxygen atoms in total. The Balaban J connectivity index is 2.59. The van der Waals surface area contributed by atoms with Gasteiger partial charge >= 0.3 is 5.97 Å². The molecule has 0 aliphatic carbocycles. The second-order valence-corrected chi connectivity index (χ2v) is 5.08. The summed E-state index contributed by atoms with van der Waals surface area (Å²) in [6.45, 7) is 5.39. The van der Waals surface area contributed by atoms with Gasteiger partial charge in [-0.15, -0.1) is 0 Å². The van der Waals surface area contributed by atoms with Gasteiger partial charge in [0.25, 0.3) is 0 Å². The fourth-order valence-corrected chi connectivity index (χ4v) is 1.48. The number of aliphatic hydroxyl groups is 1. The molecule has 18 heavy (non-hydrogen) atoms. The van der Waals surface area contributed by atoms with Gasteiger partial charge in [-0.05, 0) is 38.5 Å². The summed E-state index contributed by atoms with van der Waals surface area (Å²) >= 11 is 0. The number of esters is 1. The number of aliphatic hydroxyl groups excluding tert-OH is 1. The number of methoxy groups -OCH3 is 1.